The van der Waals surface area contributed by atoms with Crippen molar-refractivity contribution in [2.45, 2.75) is 50.0 Å². The zero-order valence-corrected chi connectivity index (χ0v) is 35.2. The molecule has 0 aromatic heterocycles. The molecule has 13 heteroatoms. The van der Waals surface area contributed by atoms with E-state index in [1.807, 2.05) is 101 Å². The minimum Gasteiger partial charge on any atom is -0.463 e. The molecule has 5 aromatic carbocycles. The molecular formula is C47H44Cl2N6O5. The van der Waals surface area contributed by atoms with E-state index in [-0.39, 0.29) is 34.9 Å². The van der Waals surface area contributed by atoms with Crippen molar-refractivity contribution in [3.63, 3.8) is 0 Å². The summed E-state index contributed by atoms with van der Waals surface area (Å²) in [6.07, 6.45) is 8.02. The highest BCUT2D eigenvalue weighted by Gasteiger charge is 2.60. The topological polar surface area (TPSA) is 130 Å². The summed E-state index contributed by atoms with van der Waals surface area (Å²) in [5.74, 6) is 0.653. The van der Waals surface area contributed by atoms with E-state index in [9.17, 15) is 9.59 Å². The van der Waals surface area contributed by atoms with Crippen molar-refractivity contribution in [3.05, 3.63) is 142 Å². The number of amides is 2. The van der Waals surface area contributed by atoms with Crippen LogP contribution in [0.5, 0.6) is 11.5 Å². The molecule has 0 fully saturated rings. The van der Waals surface area contributed by atoms with Crippen LogP contribution in [0.25, 0.3) is 12.2 Å². The van der Waals surface area contributed by atoms with E-state index in [2.05, 4.69) is 55.9 Å². The summed E-state index contributed by atoms with van der Waals surface area (Å²) in [6.45, 7) is 8.31. The normalized spacial score (nSPS) is 20.8. The maximum absolute atomic E-state index is 14.0. The second kappa shape index (κ2) is 14.3. The van der Waals surface area contributed by atoms with Gasteiger partial charge in [-0.15, -0.1) is 0 Å². The first kappa shape index (κ1) is 39.3. The fraction of sp³-hybridized carbons (Fsp3) is 0.234. The number of nitrogens with two attached hydrogens (primary N) is 1. The highest BCUT2D eigenvalue weighted by atomic mass is 35.5. The maximum atomic E-state index is 14.0. The largest absolute Gasteiger partial charge is 0.463 e. The molecule has 0 saturated heterocycles. The number of rotatable bonds is 8. The molecule has 0 bridgehead atoms. The van der Waals surface area contributed by atoms with Crippen molar-refractivity contribution in [3.8, 4) is 11.5 Å². The Morgan fingerprint density at radius 1 is 0.667 bits per heavy atom. The molecule has 4 aliphatic heterocycles. The number of para-hydroxylation sites is 2. The molecule has 0 aliphatic carbocycles. The molecule has 5 aromatic rings. The van der Waals surface area contributed by atoms with Gasteiger partial charge in [0.25, 0.3) is 0 Å². The Kier molecular flexibility index (Phi) is 9.34. The van der Waals surface area contributed by atoms with Crippen molar-refractivity contribution in [2.75, 3.05) is 51.8 Å². The number of nitrogens with one attached hydrogen (secondary N) is 3. The van der Waals surface area contributed by atoms with Crippen LogP contribution in [0, 0.1) is 0 Å². The number of carbonyl (C=O) groups is 2. The van der Waals surface area contributed by atoms with Gasteiger partial charge in [0.1, 0.15) is 24.6 Å². The van der Waals surface area contributed by atoms with Gasteiger partial charge in [-0.25, -0.2) is 0 Å². The van der Waals surface area contributed by atoms with E-state index in [4.69, 9.17) is 43.2 Å². The number of halogens is 2. The highest BCUT2D eigenvalue weighted by molar-refractivity contribution is 6.38. The molecule has 60 heavy (non-hydrogen) atoms. The van der Waals surface area contributed by atoms with Gasteiger partial charge in [0, 0.05) is 28.2 Å². The Morgan fingerprint density at radius 2 is 1.13 bits per heavy atom. The van der Waals surface area contributed by atoms with E-state index < -0.39 is 22.3 Å². The third-order valence-electron chi connectivity index (χ3n) is 12.3. The van der Waals surface area contributed by atoms with Crippen molar-refractivity contribution >= 4 is 81.3 Å². The van der Waals surface area contributed by atoms with Gasteiger partial charge >= 0.3 is 0 Å². The molecule has 2 spiro atoms. The number of hydrogen-bond acceptors (Lipinski definition) is 9. The predicted molar refractivity (Wildman–Crippen MR) is 240 cm³/mol. The van der Waals surface area contributed by atoms with Gasteiger partial charge < -0.3 is 35.6 Å². The Balaban J connectivity index is 0.944. The summed E-state index contributed by atoms with van der Waals surface area (Å²) < 4.78 is 13.7. The second-order valence-corrected chi connectivity index (χ2v) is 17.3. The maximum Gasteiger partial charge on any atom is 0.244 e. The number of nitrogen functional groups attached to an aromatic ring is 1. The second-order valence-electron chi connectivity index (χ2n) is 16.5. The van der Waals surface area contributed by atoms with Gasteiger partial charge in [-0.3, -0.25) is 19.9 Å². The molecule has 2 unspecified atom stereocenters. The summed E-state index contributed by atoms with van der Waals surface area (Å²) in [4.78, 5) is 37.1. The third kappa shape index (κ3) is 6.05. The van der Waals surface area contributed by atoms with Gasteiger partial charge in [-0.05, 0) is 124 Å². The molecule has 2 atom stereocenters. The lowest BCUT2D eigenvalue weighted by Crippen LogP contribution is -2.61. The lowest BCUT2D eigenvalue weighted by atomic mass is 9.76. The molecule has 2 amide bonds. The smallest absolute Gasteiger partial charge is 0.244 e. The first-order chi connectivity index (χ1) is 28.7. The monoisotopic (exact) mass is 842 g/mol. The number of ether oxygens (including phenoxy) is 2. The zero-order chi connectivity index (χ0) is 42.2. The Morgan fingerprint density at radius 3 is 1.63 bits per heavy atom. The van der Waals surface area contributed by atoms with Crippen LogP contribution in [0.4, 0.5) is 34.1 Å². The van der Waals surface area contributed by atoms with Crippen LogP contribution in [0.15, 0.2) is 109 Å². The molecule has 4 aliphatic rings. The number of hydrogen-bond donors (Lipinski definition) is 4. The molecule has 9 rings (SSSR count). The molecule has 0 saturated carbocycles. The molecule has 11 nitrogen and oxygen atoms in total. The lowest BCUT2D eigenvalue weighted by Gasteiger charge is -2.47. The van der Waals surface area contributed by atoms with Gasteiger partial charge in [0.15, 0.2) is 0 Å². The fourth-order valence-electron chi connectivity index (χ4n) is 9.22. The van der Waals surface area contributed by atoms with E-state index in [1.165, 1.54) is 0 Å². The number of anilines is 6. The van der Waals surface area contributed by atoms with Crippen molar-refractivity contribution in [2.24, 2.45) is 0 Å². The summed E-state index contributed by atoms with van der Waals surface area (Å²) in [6, 6.07) is 30.3. The minimum atomic E-state index is -1.04. The van der Waals surface area contributed by atoms with E-state index in [1.54, 1.807) is 25.3 Å². The lowest BCUT2D eigenvalue weighted by molar-refractivity contribution is -0.116. The van der Waals surface area contributed by atoms with Gasteiger partial charge in [-0.2, -0.15) is 0 Å². The Bertz CT molecular complexity index is 2660. The van der Waals surface area contributed by atoms with Gasteiger partial charge in [0.05, 0.1) is 45.0 Å². The molecule has 5 N–H and O–H groups in total. The first-order valence-corrected chi connectivity index (χ1v) is 20.4. The minimum absolute atomic E-state index is 0.0663. The summed E-state index contributed by atoms with van der Waals surface area (Å²) in [5.41, 5.74) is 13.3. The van der Waals surface area contributed by atoms with Crippen LogP contribution in [0.1, 0.15) is 49.9 Å². The van der Waals surface area contributed by atoms with Crippen LogP contribution in [0.3, 0.4) is 0 Å². The molecule has 0 radical (unpaired) electrons. The SMILES string of the molecule is CONc1ccc2c(c1)C=CC1(O2)N(CC(=O)Nc2cc(Cl)c(NC(=O)CN3c4ccccc4C(C)(C)C34C=Cc3cc(N)ccc3O4)cc2Cl)c2ccccc2C1(C)C. The summed E-state index contributed by atoms with van der Waals surface area (Å²) >= 11 is 13.6. The number of fused-ring (bicyclic) bond motifs is 4. The third-order valence-corrected chi connectivity index (χ3v) is 12.9. The predicted octanol–water partition coefficient (Wildman–Crippen LogP) is 9.63. The first-order valence-electron chi connectivity index (χ1n) is 19.6. The van der Waals surface area contributed by atoms with Crippen molar-refractivity contribution in [1.82, 2.24) is 0 Å². The summed E-state index contributed by atoms with van der Waals surface area (Å²) in [5, 5.41) is 6.30. The van der Waals surface area contributed by atoms with Crippen LogP contribution in [0.2, 0.25) is 10.0 Å². The average molecular weight is 844 g/mol. The van der Waals surface area contributed by atoms with Crippen molar-refractivity contribution in [1.29, 1.82) is 0 Å². The van der Waals surface area contributed by atoms with Gasteiger partial charge in [0.2, 0.25) is 23.3 Å². The van der Waals surface area contributed by atoms with E-state index in [0.717, 1.165) is 39.3 Å². The van der Waals surface area contributed by atoms with Crippen LogP contribution in [-0.2, 0) is 25.3 Å². The van der Waals surface area contributed by atoms with Crippen LogP contribution < -0.4 is 41.1 Å². The molecule has 4 heterocycles. The highest BCUT2D eigenvalue weighted by Crippen LogP contribution is 2.56. The number of carbonyl (C=O) groups excluding carboxylic acids is 2. The summed E-state index contributed by atoms with van der Waals surface area (Å²) in [7, 11) is 1.56. The molecule has 306 valence electrons. The fourth-order valence-corrected chi connectivity index (χ4v) is 9.64. The van der Waals surface area contributed by atoms with E-state index >= 15 is 0 Å². The van der Waals surface area contributed by atoms with E-state index in [0.29, 0.717) is 28.6 Å². The number of benzene rings is 5. The average Bonchev–Trinajstić information content (AvgIpc) is 3.50. The number of nitrogens with zero attached hydrogens (tertiary/aromatic N) is 2. The Hall–Kier alpha value is -6.14. The zero-order valence-electron chi connectivity index (χ0n) is 33.7. The molecular weight excluding hydrogens is 799 g/mol. The van der Waals surface area contributed by atoms with Gasteiger partial charge in [-0.1, -0.05) is 59.6 Å². The quantitative estimate of drug-likeness (QED) is 0.0892. The Labute approximate surface area is 358 Å². The standard InChI is InChI=1S/C47H44Cl2N6O5/c1-44(2)32-10-6-8-12-38(32)54(46(44)20-18-28-22-30(50)14-16-40(28)59-46)26-42(56)51-36-24-35(49)37(25-34(36)48)52-43(57)27-55-39-13-9-7-11-33(39)45(3,4)47(55)21-19-29-23-31(53-58-5)15-17-41(29)60-47/h6-25,53H,26-27,50H2,1-5H3,(H,51,56)(H,52,57). The van der Waals surface area contributed by atoms with Crippen molar-refractivity contribution < 1.29 is 23.9 Å². The van der Waals surface area contributed by atoms with Crippen LogP contribution >= 0.6 is 23.2 Å². The van der Waals surface area contributed by atoms with Crippen LogP contribution in [-0.4, -0.2) is 43.5 Å².